The molecule has 0 amide bonds. The zero-order valence-electron chi connectivity index (χ0n) is 9.45. The quantitative estimate of drug-likeness (QED) is 0.502. The molecule has 0 aliphatic carbocycles. The fourth-order valence-corrected chi connectivity index (χ4v) is 1.63. The van der Waals surface area contributed by atoms with Crippen molar-refractivity contribution in [3.05, 3.63) is 68.6 Å². The molecule has 0 unspecified atom stereocenters. The number of pyridine rings is 1. The topological polar surface area (TPSA) is 91.2 Å². The van der Waals surface area contributed by atoms with E-state index < -0.39 is 4.92 Å². The van der Waals surface area contributed by atoms with Crippen molar-refractivity contribution in [1.82, 2.24) is 4.57 Å². The van der Waals surface area contributed by atoms with Gasteiger partial charge in [-0.2, -0.15) is 0 Å². The van der Waals surface area contributed by atoms with Gasteiger partial charge in [0, 0.05) is 37.1 Å². The maximum absolute atomic E-state index is 10.9. The van der Waals surface area contributed by atoms with Crippen molar-refractivity contribution >= 4 is 11.4 Å². The molecule has 0 spiro atoms. The molecule has 0 atom stereocenters. The van der Waals surface area contributed by atoms with Crippen molar-refractivity contribution in [1.29, 1.82) is 0 Å². The molecule has 1 aromatic carbocycles. The number of aromatic nitrogens is 1. The van der Waals surface area contributed by atoms with Crippen LogP contribution in [-0.2, 0) is 6.54 Å². The van der Waals surface area contributed by atoms with E-state index in [9.17, 15) is 14.9 Å². The molecule has 92 valence electrons. The summed E-state index contributed by atoms with van der Waals surface area (Å²) in [6, 6.07) is 7.50. The molecule has 18 heavy (non-hydrogen) atoms. The van der Waals surface area contributed by atoms with Crippen LogP contribution in [0.4, 0.5) is 11.4 Å². The molecule has 2 aromatic rings. The Morgan fingerprint density at radius 2 is 1.89 bits per heavy atom. The first-order valence-corrected chi connectivity index (χ1v) is 5.25. The molecule has 2 N–H and O–H groups in total. The standard InChI is InChI=1S/C12H11N3O3/c13-11-7-9(1-2-12(11)15(17)18)8-14-5-3-10(16)4-6-14/h1-7H,8,13H2. The normalized spacial score (nSPS) is 10.2. The summed E-state index contributed by atoms with van der Waals surface area (Å²) < 4.78 is 1.79. The smallest absolute Gasteiger partial charge is 0.292 e. The third-order valence-electron chi connectivity index (χ3n) is 2.51. The summed E-state index contributed by atoms with van der Waals surface area (Å²) in [6.45, 7) is 0.502. The summed E-state index contributed by atoms with van der Waals surface area (Å²) in [4.78, 5) is 21.0. The molecule has 6 nitrogen and oxygen atoms in total. The Bertz CT molecular complexity index is 629. The minimum absolute atomic E-state index is 0.0607. The third kappa shape index (κ3) is 2.54. The highest BCUT2D eigenvalue weighted by atomic mass is 16.6. The van der Waals surface area contributed by atoms with Crippen molar-refractivity contribution < 1.29 is 4.92 Å². The van der Waals surface area contributed by atoms with Gasteiger partial charge in [0.1, 0.15) is 5.69 Å². The molecule has 1 heterocycles. The summed E-state index contributed by atoms with van der Waals surface area (Å²) in [5.74, 6) is 0. The van der Waals surface area contributed by atoms with Crippen LogP contribution in [-0.4, -0.2) is 9.49 Å². The lowest BCUT2D eigenvalue weighted by Gasteiger charge is -2.06. The van der Waals surface area contributed by atoms with Gasteiger partial charge in [0.2, 0.25) is 0 Å². The van der Waals surface area contributed by atoms with Gasteiger partial charge in [0.05, 0.1) is 4.92 Å². The number of hydrogen-bond acceptors (Lipinski definition) is 4. The number of nitro groups is 1. The Morgan fingerprint density at radius 1 is 1.22 bits per heavy atom. The van der Waals surface area contributed by atoms with Crippen molar-refractivity contribution in [3.63, 3.8) is 0 Å². The van der Waals surface area contributed by atoms with Crippen LogP contribution in [0.3, 0.4) is 0 Å². The summed E-state index contributed by atoms with van der Waals surface area (Å²) in [5, 5.41) is 10.6. The van der Waals surface area contributed by atoms with E-state index in [2.05, 4.69) is 0 Å². The van der Waals surface area contributed by atoms with E-state index in [4.69, 9.17) is 5.73 Å². The lowest BCUT2D eigenvalue weighted by Crippen LogP contribution is -2.05. The van der Waals surface area contributed by atoms with Gasteiger partial charge in [0.25, 0.3) is 5.69 Å². The molecule has 0 bridgehead atoms. The molecular weight excluding hydrogens is 234 g/mol. The first kappa shape index (κ1) is 11.8. The van der Waals surface area contributed by atoms with E-state index in [1.807, 2.05) is 0 Å². The maximum atomic E-state index is 10.9. The lowest BCUT2D eigenvalue weighted by atomic mass is 10.1. The predicted octanol–water partition coefficient (Wildman–Crippen LogP) is 1.39. The molecular formula is C12H11N3O3. The SMILES string of the molecule is Nc1cc(Cn2ccc(=O)cc2)ccc1[N+](=O)[O-]. The van der Waals surface area contributed by atoms with E-state index in [-0.39, 0.29) is 16.8 Å². The summed E-state index contributed by atoms with van der Waals surface area (Å²) in [5.41, 5.74) is 6.41. The van der Waals surface area contributed by atoms with Gasteiger partial charge in [-0.3, -0.25) is 14.9 Å². The van der Waals surface area contributed by atoms with Crippen LogP contribution < -0.4 is 11.2 Å². The molecule has 0 radical (unpaired) electrons. The van der Waals surface area contributed by atoms with Crippen LogP contribution in [0.15, 0.2) is 47.5 Å². The fraction of sp³-hybridized carbons (Fsp3) is 0.0833. The molecule has 2 rings (SSSR count). The molecule has 0 aliphatic heterocycles. The van der Waals surface area contributed by atoms with E-state index in [0.717, 1.165) is 5.56 Å². The Morgan fingerprint density at radius 3 is 2.44 bits per heavy atom. The second-order valence-electron chi connectivity index (χ2n) is 3.86. The van der Waals surface area contributed by atoms with Crippen molar-refractivity contribution in [2.45, 2.75) is 6.54 Å². The Kier molecular flexibility index (Phi) is 3.09. The largest absolute Gasteiger partial charge is 0.393 e. The van der Waals surface area contributed by atoms with Crippen molar-refractivity contribution in [2.24, 2.45) is 0 Å². The summed E-state index contributed by atoms with van der Waals surface area (Å²) >= 11 is 0. The van der Waals surface area contributed by atoms with Crippen molar-refractivity contribution in [3.8, 4) is 0 Å². The molecule has 0 saturated heterocycles. The Balaban J connectivity index is 2.25. The van der Waals surface area contributed by atoms with Gasteiger partial charge >= 0.3 is 0 Å². The van der Waals surface area contributed by atoms with Gasteiger partial charge in [-0.05, 0) is 11.6 Å². The minimum atomic E-state index is -0.515. The van der Waals surface area contributed by atoms with Gasteiger partial charge in [-0.15, -0.1) is 0 Å². The number of nitro benzene ring substituents is 1. The van der Waals surface area contributed by atoms with Gasteiger partial charge in [0.15, 0.2) is 5.43 Å². The van der Waals surface area contributed by atoms with Crippen LogP contribution in [0.25, 0.3) is 0 Å². The molecule has 0 aliphatic rings. The van der Waals surface area contributed by atoms with Gasteiger partial charge < -0.3 is 10.3 Å². The van der Waals surface area contributed by atoms with E-state index >= 15 is 0 Å². The predicted molar refractivity (Wildman–Crippen MR) is 67.3 cm³/mol. The van der Waals surface area contributed by atoms with Crippen LogP contribution in [0.2, 0.25) is 0 Å². The highest BCUT2D eigenvalue weighted by Crippen LogP contribution is 2.22. The zero-order chi connectivity index (χ0) is 13.1. The van der Waals surface area contributed by atoms with Crippen LogP contribution in [0, 0.1) is 10.1 Å². The van der Waals surface area contributed by atoms with Crippen molar-refractivity contribution in [2.75, 3.05) is 5.73 Å². The van der Waals surface area contributed by atoms with E-state index in [1.54, 1.807) is 29.1 Å². The second-order valence-corrected chi connectivity index (χ2v) is 3.86. The second kappa shape index (κ2) is 4.70. The maximum Gasteiger partial charge on any atom is 0.292 e. The first-order chi connectivity index (χ1) is 8.56. The number of nitrogens with two attached hydrogens (primary N) is 1. The highest BCUT2D eigenvalue weighted by molar-refractivity contribution is 5.59. The number of anilines is 1. The first-order valence-electron chi connectivity index (χ1n) is 5.25. The number of rotatable bonds is 3. The highest BCUT2D eigenvalue weighted by Gasteiger charge is 2.10. The Labute approximate surface area is 102 Å². The lowest BCUT2D eigenvalue weighted by molar-refractivity contribution is -0.383. The van der Waals surface area contributed by atoms with Crippen LogP contribution in [0.1, 0.15) is 5.56 Å². The molecule has 1 aromatic heterocycles. The number of benzene rings is 1. The fourth-order valence-electron chi connectivity index (χ4n) is 1.63. The van der Waals surface area contributed by atoms with Gasteiger partial charge in [-0.1, -0.05) is 6.07 Å². The van der Waals surface area contributed by atoms with Gasteiger partial charge in [-0.25, -0.2) is 0 Å². The average Bonchev–Trinajstić information content (AvgIpc) is 2.32. The monoisotopic (exact) mass is 245 g/mol. The third-order valence-corrected chi connectivity index (χ3v) is 2.51. The molecule has 0 fully saturated rings. The number of nitrogens with zero attached hydrogens (tertiary/aromatic N) is 2. The summed E-state index contributed by atoms with van der Waals surface area (Å²) in [7, 11) is 0. The minimum Gasteiger partial charge on any atom is -0.393 e. The summed E-state index contributed by atoms with van der Waals surface area (Å²) in [6.07, 6.45) is 3.31. The molecule has 6 heteroatoms. The zero-order valence-corrected chi connectivity index (χ0v) is 9.45. The number of hydrogen-bond donors (Lipinski definition) is 1. The van der Waals surface area contributed by atoms with E-state index in [1.165, 1.54) is 18.2 Å². The number of nitrogen functional groups attached to an aromatic ring is 1. The molecule has 0 saturated carbocycles. The Hall–Kier alpha value is -2.63. The van der Waals surface area contributed by atoms with Crippen LogP contribution >= 0.6 is 0 Å². The average molecular weight is 245 g/mol. The van der Waals surface area contributed by atoms with Crippen LogP contribution in [0.5, 0.6) is 0 Å². The van der Waals surface area contributed by atoms with E-state index in [0.29, 0.717) is 6.54 Å².